The van der Waals surface area contributed by atoms with Gasteiger partial charge >= 0.3 is 0 Å². The van der Waals surface area contributed by atoms with E-state index in [1.807, 2.05) is 6.07 Å². The fourth-order valence-corrected chi connectivity index (χ4v) is 3.33. The van der Waals surface area contributed by atoms with Gasteiger partial charge in [0.25, 0.3) is 0 Å². The zero-order valence-corrected chi connectivity index (χ0v) is 13.3. The summed E-state index contributed by atoms with van der Waals surface area (Å²) >= 11 is 1.80. The Hall–Kier alpha value is -1.39. The van der Waals surface area contributed by atoms with Crippen LogP contribution in [0.25, 0.3) is 11.3 Å². The van der Waals surface area contributed by atoms with Crippen molar-refractivity contribution in [3.05, 3.63) is 35.2 Å². The van der Waals surface area contributed by atoms with Crippen molar-refractivity contribution in [1.29, 1.82) is 0 Å². The van der Waals surface area contributed by atoms with Gasteiger partial charge in [-0.25, -0.2) is 4.98 Å². The van der Waals surface area contributed by atoms with E-state index in [0.717, 1.165) is 37.0 Å². The minimum Gasteiger partial charge on any atom is -0.349 e. The average Bonchev–Trinajstić information content (AvgIpc) is 2.91. The summed E-state index contributed by atoms with van der Waals surface area (Å²) < 4.78 is 0. The van der Waals surface area contributed by atoms with Gasteiger partial charge in [-0.15, -0.1) is 0 Å². The summed E-state index contributed by atoms with van der Waals surface area (Å²) in [4.78, 5) is 8.51. The highest BCUT2D eigenvalue weighted by atomic mass is 32.1. The van der Waals surface area contributed by atoms with E-state index in [2.05, 4.69) is 55.3 Å². The second-order valence-electron chi connectivity index (χ2n) is 4.59. The molecule has 1 heterocycles. The molecule has 20 heavy (non-hydrogen) atoms. The van der Waals surface area contributed by atoms with Crippen molar-refractivity contribution in [3.63, 3.8) is 0 Å². The third-order valence-electron chi connectivity index (χ3n) is 3.30. The molecule has 0 unspecified atom stereocenters. The van der Waals surface area contributed by atoms with Crippen molar-refractivity contribution < 1.29 is 0 Å². The predicted octanol–water partition coefficient (Wildman–Crippen LogP) is 3.77. The molecule has 108 valence electrons. The number of hydrogen-bond donors (Lipinski definition) is 1. The van der Waals surface area contributed by atoms with Crippen molar-refractivity contribution in [1.82, 2.24) is 10.3 Å². The second kappa shape index (κ2) is 7.41. The lowest BCUT2D eigenvalue weighted by Crippen LogP contribution is -2.21. The Morgan fingerprint density at radius 1 is 1.10 bits per heavy atom. The maximum atomic E-state index is 4.88. The molecule has 0 bridgehead atoms. The van der Waals surface area contributed by atoms with Gasteiger partial charge in [0.05, 0.1) is 5.69 Å². The van der Waals surface area contributed by atoms with Crippen LogP contribution in [0.1, 0.15) is 25.6 Å². The standard InChI is InChI=1S/C16H23N3S/c1-4-17-12-14-15(13-10-8-7-9-11-13)18-16(20-14)19(5-2)6-3/h7-11,17H,4-6,12H2,1-3H3. The molecule has 0 amide bonds. The molecule has 1 N–H and O–H groups in total. The van der Waals surface area contributed by atoms with Crippen LogP contribution in [0.15, 0.2) is 30.3 Å². The van der Waals surface area contributed by atoms with Crippen LogP contribution in [0.5, 0.6) is 0 Å². The van der Waals surface area contributed by atoms with Gasteiger partial charge in [-0.05, 0) is 20.4 Å². The highest BCUT2D eigenvalue weighted by molar-refractivity contribution is 7.16. The fraction of sp³-hybridized carbons (Fsp3) is 0.438. The molecule has 1 aromatic carbocycles. The van der Waals surface area contributed by atoms with Gasteiger partial charge < -0.3 is 10.2 Å². The lowest BCUT2D eigenvalue weighted by atomic mass is 10.1. The predicted molar refractivity (Wildman–Crippen MR) is 88.5 cm³/mol. The van der Waals surface area contributed by atoms with Crippen LogP contribution in [0.3, 0.4) is 0 Å². The maximum absolute atomic E-state index is 4.88. The number of hydrogen-bond acceptors (Lipinski definition) is 4. The number of nitrogens with one attached hydrogen (secondary N) is 1. The third-order valence-corrected chi connectivity index (χ3v) is 4.42. The van der Waals surface area contributed by atoms with Gasteiger partial charge in [-0.3, -0.25) is 0 Å². The van der Waals surface area contributed by atoms with Crippen molar-refractivity contribution in [2.45, 2.75) is 27.3 Å². The van der Waals surface area contributed by atoms with Gasteiger partial charge in [-0.2, -0.15) is 0 Å². The van der Waals surface area contributed by atoms with E-state index < -0.39 is 0 Å². The van der Waals surface area contributed by atoms with Crippen LogP contribution in [0.2, 0.25) is 0 Å². The average molecular weight is 289 g/mol. The topological polar surface area (TPSA) is 28.2 Å². The summed E-state index contributed by atoms with van der Waals surface area (Å²) in [5.74, 6) is 0. The van der Waals surface area contributed by atoms with E-state index in [0.29, 0.717) is 0 Å². The van der Waals surface area contributed by atoms with Crippen LogP contribution < -0.4 is 10.2 Å². The zero-order chi connectivity index (χ0) is 14.4. The number of anilines is 1. The Kier molecular flexibility index (Phi) is 5.56. The maximum Gasteiger partial charge on any atom is 0.186 e. The van der Waals surface area contributed by atoms with Crippen molar-refractivity contribution in [2.24, 2.45) is 0 Å². The summed E-state index contributed by atoms with van der Waals surface area (Å²) in [6.45, 7) is 10.4. The molecule has 0 aliphatic rings. The highest BCUT2D eigenvalue weighted by Crippen LogP contribution is 2.32. The van der Waals surface area contributed by atoms with Gasteiger partial charge in [0, 0.05) is 30.1 Å². The molecule has 4 heteroatoms. The smallest absolute Gasteiger partial charge is 0.186 e. The number of aromatic nitrogens is 1. The largest absolute Gasteiger partial charge is 0.349 e. The van der Waals surface area contributed by atoms with Gasteiger partial charge in [0.1, 0.15) is 0 Å². The van der Waals surface area contributed by atoms with Crippen LogP contribution in [0, 0.1) is 0 Å². The van der Waals surface area contributed by atoms with Crippen LogP contribution in [-0.4, -0.2) is 24.6 Å². The molecule has 0 saturated heterocycles. The van der Waals surface area contributed by atoms with Crippen molar-refractivity contribution in [3.8, 4) is 11.3 Å². The monoisotopic (exact) mass is 289 g/mol. The zero-order valence-electron chi connectivity index (χ0n) is 12.5. The molecule has 0 aliphatic carbocycles. The Balaban J connectivity index is 2.37. The summed E-state index contributed by atoms with van der Waals surface area (Å²) in [5, 5.41) is 4.54. The highest BCUT2D eigenvalue weighted by Gasteiger charge is 2.15. The normalized spacial score (nSPS) is 10.8. The first kappa shape index (κ1) is 15.0. The van der Waals surface area contributed by atoms with E-state index >= 15 is 0 Å². The molecule has 0 radical (unpaired) electrons. The van der Waals surface area contributed by atoms with Crippen LogP contribution >= 0.6 is 11.3 Å². The van der Waals surface area contributed by atoms with Gasteiger partial charge in [0.2, 0.25) is 0 Å². The van der Waals surface area contributed by atoms with Crippen LogP contribution in [0.4, 0.5) is 5.13 Å². The number of nitrogens with zero attached hydrogens (tertiary/aromatic N) is 2. The SMILES string of the molecule is CCNCc1sc(N(CC)CC)nc1-c1ccccc1. The van der Waals surface area contributed by atoms with E-state index in [4.69, 9.17) is 4.98 Å². The number of benzene rings is 1. The minimum absolute atomic E-state index is 0.889. The first-order valence-electron chi connectivity index (χ1n) is 7.30. The van der Waals surface area contributed by atoms with Crippen molar-refractivity contribution >= 4 is 16.5 Å². The quantitative estimate of drug-likeness (QED) is 0.841. The molecule has 2 aromatic rings. The van der Waals surface area contributed by atoms with Crippen molar-refractivity contribution in [2.75, 3.05) is 24.5 Å². The fourth-order valence-electron chi connectivity index (χ4n) is 2.15. The molecule has 2 rings (SSSR count). The lowest BCUT2D eigenvalue weighted by Gasteiger charge is -2.16. The third kappa shape index (κ3) is 3.38. The molecular formula is C16H23N3S. The van der Waals surface area contributed by atoms with Gasteiger partial charge in [0.15, 0.2) is 5.13 Å². The Bertz CT molecular complexity index is 518. The van der Waals surface area contributed by atoms with Gasteiger partial charge in [-0.1, -0.05) is 48.6 Å². The van der Waals surface area contributed by atoms with E-state index in [1.165, 1.54) is 10.4 Å². The Labute approximate surface area is 125 Å². The lowest BCUT2D eigenvalue weighted by molar-refractivity contribution is 0.735. The number of rotatable bonds is 7. The Morgan fingerprint density at radius 2 is 1.80 bits per heavy atom. The first-order chi connectivity index (χ1) is 9.80. The molecule has 0 atom stereocenters. The summed E-state index contributed by atoms with van der Waals surface area (Å²) in [6, 6.07) is 10.5. The molecular weight excluding hydrogens is 266 g/mol. The first-order valence-corrected chi connectivity index (χ1v) is 8.12. The van der Waals surface area contributed by atoms with E-state index in [9.17, 15) is 0 Å². The molecule has 3 nitrogen and oxygen atoms in total. The summed E-state index contributed by atoms with van der Waals surface area (Å²) in [6.07, 6.45) is 0. The number of thiazole rings is 1. The molecule has 0 fully saturated rings. The molecule has 0 aliphatic heterocycles. The van der Waals surface area contributed by atoms with Crippen LogP contribution in [-0.2, 0) is 6.54 Å². The summed E-state index contributed by atoms with van der Waals surface area (Å²) in [5.41, 5.74) is 2.33. The second-order valence-corrected chi connectivity index (χ2v) is 5.65. The summed E-state index contributed by atoms with van der Waals surface area (Å²) in [7, 11) is 0. The molecule has 1 aromatic heterocycles. The van der Waals surface area contributed by atoms with E-state index in [-0.39, 0.29) is 0 Å². The van der Waals surface area contributed by atoms with E-state index in [1.54, 1.807) is 11.3 Å². The molecule has 0 spiro atoms. The molecule has 0 saturated carbocycles. The minimum atomic E-state index is 0.889. The Morgan fingerprint density at radius 3 is 2.40 bits per heavy atom.